The van der Waals surface area contributed by atoms with Crippen LogP contribution in [0, 0.1) is 46.7 Å². The number of benzene rings is 2. The molecule has 2 heterocycles. The van der Waals surface area contributed by atoms with Crippen LogP contribution in [0.5, 0.6) is 0 Å². The van der Waals surface area contributed by atoms with E-state index in [2.05, 4.69) is 31.9 Å². The van der Waals surface area contributed by atoms with Crippen molar-refractivity contribution in [3.05, 3.63) is 82.4 Å². The Balaban J connectivity index is 0.000000502. The Bertz CT molecular complexity index is 1570. The number of esters is 1. The van der Waals surface area contributed by atoms with Crippen molar-refractivity contribution >= 4 is 67.8 Å². The Morgan fingerprint density at radius 1 is 0.731 bits per heavy atom. The molecule has 2 saturated heterocycles. The van der Waals surface area contributed by atoms with Gasteiger partial charge in [0.25, 0.3) is 0 Å². The Hall–Kier alpha value is -3.10. The number of ether oxygens (including phenoxy) is 1. The van der Waals surface area contributed by atoms with Crippen molar-refractivity contribution in [3.63, 3.8) is 0 Å². The predicted octanol–water partition coefficient (Wildman–Crippen LogP) is 3.71. The van der Waals surface area contributed by atoms with Gasteiger partial charge < -0.3 is 25.1 Å². The van der Waals surface area contributed by atoms with Gasteiger partial charge in [0.15, 0.2) is 34.9 Å². The van der Waals surface area contributed by atoms with Crippen molar-refractivity contribution < 1.29 is 79.7 Å². The van der Waals surface area contributed by atoms with E-state index in [0.29, 0.717) is 58.5 Å². The summed E-state index contributed by atoms with van der Waals surface area (Å²) >= 11 is 6.47. The first-order valence-corrected chi connectivity index (χ1v) is 17.4. The topological polar surface area (TPSA) is 134 Å². The zero-order chi connectivity index (χ0) is 37.1. The van der Waals surface area contributed by atoms with Crippen molar-refractivity contribution in [2.45, 2.75) is 42.3 Å². The van der Waals surface area contributed by atoms with E-state index in [1.165, 1.54) is 23.1 Å². The minimum Gasteiger partial charge on any atom is -0.870 e. The van der Waals surface area contributed by atoms with Gasteiger partial charge in [-0.15, -0.1) is 0 Å². The third kappa shape index (κ3) is 13.4. The third-order valence-electron chi connectivity index (χ3n) is 8.13. The van der Waals surface area contributed by atoms with Gasteiger partial charge in [-0.2, -0.15) is 0 Å². The number of alkyl halides is 2. The molecular weight excluding hydrogens is 829 g/mol. The molecule has 2 unspecified atom stereocenters. The van der Waals surface area contributed by atoms with Crippen LogP contribution in [0.2, 0.25) is 0 Å². The molecule has 0 radical (unpaired) electrons. The van der Waals surface area contributed by atoms with Gasteiger partial charge in [0.1, 0.15) is 9.65 Å². The van der Waals surface area contributed by atoms with Crippen LogP contribution in [0.25, 0.3) is 12.2 Å². The Kier molecular flexibility index (Phi) is 20.0. The number of rotatable bonds is 9. The van der Waals surface area contributed by atoms with Crippen LogP contribution in [0.15, 0.2) is 36.4 Å². The molecule has 2 fully saturated rings. The van der Waals surface area contributed by atoms with Crippen LogP contribution in [-0.4, -0.2) is 86.6 Å². The fourth-order valence-electron chi connectivity index (χ4n) is 5.33. The molecule has 2 aromatic rings. The molecule has 2 amide bonds. The maximum absolute atomic E-state index is 13.2. The van der Waals surface area contributed by atoms with Crippen molar-refractivity contribution in [2.75, 3.05) is 32.8 Å². The standard InChI is InChI=1S/C18H19BrF3NO3.C16H15BrF3NO3.Li.H2O/c1-2-26-18(25)16(19)12-5-7-23(8-6-12)15(24)4-3-11-9-13(20)17(22)14(21)10-11;17-14(16(23)24)10-3-5-21(6-4-10)13(22)2-1-9-7-11(18)15(20)12(19)8-9;;/h3-4,9-10,12,16H,2,5-8H2,1H3;1-2,7-8,10,14H,3-6H2,(H,23,24);;1H2/q;;+1;/p-1/b4-3+;2-1+;;. The number of amides is 2. The number of carboxylic acids is 1. The average Bonchev–Trinajstić information content (AvgIpc) is 3.10. The second-order valence-electron chi connectivity index (χ2n) is 11.5. The van der Waals surface area contributed by atoms with Gasteiger partial charge in [-0.25, -0.2) is 26.3 Å². The number of carbonyl (C=O) groups is 4. The number of hydrogen-bond donors (Lipinski definition) is 1. The molecule has 2 atom stereocenters. The number of carbonyl (C=O) groups excluding carboxylic acids is 3. The summed E-state index contributed by atoms with van der Waals surface area (Å²) < 4.78 is 83.3. The van der Waals surface area contributed by atoms with Crippen LogP contribution in [0.3, 0.4) is 0 Å². The molecule has 0 saturated carbocycles. The number of carboxylic acid groups (broad SMARTS) is 1. The molecule has 2 aliphatic heterocycles. The van der Waals surface area contributed by atoms with E-state index >= 15 is 0 Å². The van der Waals surface area contributed by atoms with Crippen LogP contribution in [-0.2, 0) is 23.9 Å². The molecule has 4 rings (SSSR count). The number of aliphatic carboxylic acids is 1. The fourth-order valence-corrected chi connectivity index (χ4v) is 6.52. The normalized spacial score (nSPS) is 16.3. The summed E-state index contributed by atoms with van der Waals surface area (Å²) in [5, 5.41) is 8.96. The summed E-state index contributed by atoms with van der Waals surface area (Å²) in [6, 6.07) is 3.25. The second-order valence-corrected chi connectivity index (χ2v) is 13.5. The smallest absolute Gasteiger partial charge is 0.870 e. The van der Waals surface area contributed by atoms with Crippen LogP contribution < -0.4 is 18.9 Å². The second kappa shape index (κ2) is 22.2. The molecule has 52 heavy (non-hydrogen) atoms. The van der Waals surface area contributed by atoms with Gasteiger partial charge in [0.2, 0.25) is 11.8 Å². The summed E-state index contributed by atoms with van der Waals surface area (Å²) in [7, 11) is 0. The van der Waals surface area contributed by atoms with E-state index in [9.17, 15) is 45.5 Å². The summed E-state index contributed by atoms with van der Waals surface area (Å²) in [4.78, 5) is 49.0. The number of nitrogens with zero attached hydrogens (tertiary/aromatic N) is 2. The molecule has 280 valence electrons. The van der Waals surface area contributed by atoms with Gasteiger partial charge in [-0.1, -0.05) is 31.9 Å². The van der Waals surface area contributed by atoms with E-state index < -0.39 is 50.5 Å². The molecular formula is C34H35Br2F6LiN2O7. The van der Waals surface area contributed by atoms with E-state index in [4.69, 9.17) is 9.84 Å². The molecule has 2 aromatic carbocycles. The molecule has 2 aliphatic rings. The Morgan fingerprint density at radius 3 is 1.37 bits per heavy atom. The largest absolute Gasteiger partial charge is 1.00 e. The average molecular weight is 864 g/mol. The molecule has 0 bridgehead atoms. The van der Waals surface area contributed by atoms with Gasteiger partial charge >= 0.3 is 30.8 Å². The quantitative estimate of drug-likeness (QED) is 0.102. The van der Waals surface area contributed by atoms with E-state index in [0.717, 1.165) is 30.3 Å². The maximum atomic E-state index is 13.2. The first-order valence-electron chi connectivity index (χ1n) is 15.5. The van der Waals surface area contributed by atoms with Crippen molar-refractivity contribution in [2.24, 2.45) is 11.8 Å². The van der Waals surface area contributed by atoms with Crippen molar-refractivity contribution in [1.82, 2.24) is 9.80 Å². The third-order valence-corrected chi connectivity index (χ3v) is 10.4. The zero-order valence-corrected chi connectivity index (χ0v) is 31.3. The minimum absolute atomic E-state index is 0. The van der Waals surface area contributed by atoms with Crippen LogP contribution >= 0.6 is 31.9 Å². The van der Waals surface area contributed by atoms with Crippen LogP contribution in [0.4, 0.5) is 26.3 Å². The first kappa shape index (κ1) is 46.9. The van der Waals surface area contributed by atoms with Crippen molar-refractivity contribution in [3.8, 4) is 0 Å². The summed E-state index contributed by atoms with van der Waals surface area (Å²) in [5.74, 6) is -10.2. The van der Waals surface area contributed by atoms with E-state index in [1.54, 1.807) is 11.8 Å². The van der Waals surface area contributed by atoms with E-state index in [-0.39, 0.29) is 65.1 Å². The monoisotopic (exact) mass is 862 g/mol. The molecule has 0 spiro atoms. The summed E-state index contributed by atoms with van der Waals surface area (Å²) in [6.07, 6.45) is 7.17. The predicted molar refractivity (Wildman–Crippen MR) is 181 cm³/mol. The SMILES string of the molecule is CCOC(=O)C(Br)C1CCN(C(=O)/C=C/c2cc(F)c(F)c(F)c2)CC1.O=C(O)C(Br)C1CCN(C(=O)/C=C/c2cc(F)c(F)c(F)c2)CC1.[Li+].[OH-]. The maximum Gasteiger partial charge on any atom is 1.00 e. The van der Waals surface area contributed by atoms with Gasteiger partial charge in [0.05, 0.1) is 6.61 Å². The van der Waals surface area contributed by atoms with E-state index in [1.807, 2.05) is 0 Å². The molecule has 0 aromatic heterocycles. The number of halogens is 8. The molecule has 2 N–H and O–H groups in total. The summed E-state index contributed by atoms with van der Waals surface area (Å²) in [6.45, 7) is 3.77. The fraction of sp³-hybridized carbons (Fsp3) is 0.412. The van der Waals surface area contributed by atoms with Crippen LogP contribution in [0.1, 0.15) is 43.7 Å². The molecule has 0 aliphatic carbocycles. The van der Waals surface area contributed by atoms with Crippen molar-refractivity contribution in [1.29, 1.82) is 0 Å². The van der Waals surface area contributed by atoms with Gasteiger partial charge in [-0.05, 0) is 92.0 Å². The number of piperidine rings is 2. The Labute approximate surface area is 325 Å². The zero-order valence-electron chi connectivity index (χ0n) is 28.1. The van der Waals surface area contributed by atoms with Gasteiger partial charge in [-0.3, -0.25) is 19.2 Å². The number of hydrogen-bond acceptors (Lipinski definition) is 6. The van der Waals surface area contributed by atoms with Gasteiger partial charge in [0, 0.05) is 38.3 Å². The number of likely N-dealkylation sites (tertiary alicyclic amines) is 2. The molecule has 9 nitrogen and oxygen atoms in total. The first-order chi connectivity index (χ1) is 23.6. The molecule has 18 heteroatoms. The summed E-state index contributed by atoms with van der Waals surface area (Å²) in [5.41, 5.74) is 0.105. The Morgan fingerprint density at radius 2 is 1.06 bits per heavy atom. The minimum atomic E-state index is -1.55.